The first-order valence-corrected chi connectivity index (χ1v) is 22.5. The van der Waals surface area contributed by atoms with Gasteiger partial charge in [-0.3, -0.25) is 19.2 Å². The minimum atomic E-state index is -1.26. The van der Waals surface area contributed by atoms with Crippen LogP contribution in [0.5, 0.6) is 0 Å². The van der Waals surface area contributed by atoms with E-state index in [1.165, 1.54) is 0 Å². The maximum Gasteiger partial charge on any atom is 0.308 e. The molecule has 0 aliphatic carbocycles. The lowest BCUT2D eigenvalue weighted by molar-refractivity contribution is -0.304. The number of carbonyl (C=O) groups excluding carboxylic acids is 2. The molecule has 336 valence electrons. The fourth-order valence-electron chi connectivity index (χ4n) is 8.51. The van der Waals surface area contributed by atoms with Gasteiger partial charge in [-0.1, -0.05) is 74.0 Å². The maximum absolute atomic E-state index is 13.9. The number of rotatable bonds is 14. The number of hydrogen-bond acceptors (Lipinski definition) is 14. The highest BCUT2D eigenvalue weighted by molar-refractivity contribution is 7.08. The second kappa shape index (κ2) is 23.2. The van der Waals surface area contributed by atoms with E-state index in [-0.39, 0.29) is 24.7 Å². The molecule has 0 spiro atoms. The van der Waals surface area contributed by atoms with Crippen LogP contribution >= 0.6 is 11.3 Å². The summed E-state index contributed by atoms with van der Waals surface area (Å²) >= 11 is 1.60. The number of allylic oxidation sites excluding steroid dienone is 3. The summed E-state index contributed by atoms with van der Waals surface area (Å²) in [7, 11) is 3.54. The van der Waals surface area contributed by atoms with Gasteiger partial charge in [-0.15, -0.1) is 5.10 Å². The zero-order valence-electron chi connectivity index (χ0n) is 36.7. The van der Waals surface area contributed by atoms with Crippen molar-refractivity contribution in [3.63, 3.8) is 0 Å². The third-order valence-corrected chi connectivity index (χ3v) is 12.9. The molecular weight excluding hydrogens is 799 g/mol. The van der Waals surface area contributed by atoms with Gasteiger partial charge in [0.1, 0.15) is 17.9 Å². The smallest absolute Gasteiger partial charge is 0.308 e. The van der Waals surface area contributed by atoms with Crippen molar-refractivity contribution in [3.8, 4) is 11.3 Å². The summed E-state index contributed by atoms with van der Waals surface area (Å²) in [5, 5.41) is 57.7. The lowest BCUT2D eigenvalue weighted by Gasteiger charge is -2.46. The van der Waals surface area contributed by atoms with Gasteiger partial charge in [0.05, 0.1) is 56.2 Å². The molecule has 0 radical (unpaired) electrons. The number of ether oxygens (including phenoxy) is 3. The molecule has 1 saturated heterocycles. The van der Waals surface area contributed by atoms with E-state index in [0.717, 1.165) is 22.4 Å². The van der Waals surface area contributed by atoms with E-state index < -0.39 is 72.7 Å². The minimum Gasteiger partial charge on any atom is -0.462 e. The molecule has 4 N–H and O–H groups in total. The van der Waals surface area contributed by atoms with Crippen LogP contribution in [-0.2, 0) is 36.9 Å². The predicted octanol–water partition coefficient (Wildman–Crippen LogP) is 4.73. The summed E-state index contributed by atoms with van der Waals surface area (Å²) in [5.74, 6) is -2.77. The summed E-state index contributed by atoms with van der Waals surface area (Å²) in [6.07, 6.45) is 1.17. The van der Waals surface area contributed by atoms with Crippen molar-refractivity contribution in [3.05, 3.63) is 82.7 Å². The Morgan fingerprint density at radius 2 is 1.77 bits per heavy atom. The number of carbonyl (C=O) groups is 2. The molecule has 3 aromatic rings. The summed E-state index contributed by atoms with van der Waals surface area (Å²) in [5.41, 5.74) is 3.69. The summed E-state index contributed by atoms with van der Waals surface area (Å²) in [6.45, 7) is 11.2. The molecule has 2 aromatic heterocycles. The largest absolute Gasteiger partial charge is 0.462 e. The van der Waals surface area contributed by atoms with Gasteiger partial charge >= 0.3 is 5.97 Å². The standard InChI is InChI=1S/C46H67N5O9S/c1-8-40-36(27-52)22-29(2)14-15-38(53)30(3)23-34(45(31(4)39(54)24-41(55)59-40)60-46-44(57)42(49(6)7)43(56)32(5)58-46)16-18-50(25-33-12-10-9-11-13-33)19-20-51-26-37(47-48-51)35-17-21-61-28-35/h9-15,17,21-22,26,28,30-32,34,36,39-40,42-46,52,54,56-57H,8,16,18-20,23-25,27H2,1-7H3/b15-14+,29-22+/t30-,31+,32-,34+,36-,39-,40-,42?,43?,44?,45-,46+/m1/s1. The minimum absolute atomic E-state index is 0.0945. The van der Waals surface area contributed by atoms with Crippen molar-refractivity contribution >= 4 is 23.1 Å². The van der Waals surface area contributed by atoms with Crippen LogP contribution in [0.4, 0.5) is 0 Å². The van der Waals surface area contributed by atoms with Gasteiger partial charge < -0.3 is 39.5 Å². The van der Waals surface area contributed by atoms with Crippen LogP contribution < -0.4 is 0 Å². The molecule has 0 bridgehead atoms. The van der Waals surface area contributed by atoms with Crippen molar-refractivity contribution in [1.29, 1.82) is 0 Å². The van der Waals surface area contributed by atoms with Crippen LogP contribution in [0.2, 0.25) is 0 Å². The zero-order valence-corrected chi connectivity index (χ0v) is 37.5. The number of likely N-dealkylation sites (N-methyl/N-ethyl adjacent to an activating group) is 1. The first kappa shape index (κ1) is 48.4. The van der Waals surface area contributed by atoms with Gasteiger partial charge in [0.2, 0.25) is 0 Å². The van der Waals surface area contributed by atoms with E-state index in [1.54, 1.807) is 56.3 Å². The molecule has 1 fully saturated rings. The molecule has 3 unspecified atom stereocenters. The molecule has 0 saturated carbocycles. The number of cyclic esters (lactones) is 1. The number of thiophene rings is 1. The number of nitrogens with zero attached hydrogens (tertiary/aromatic N) is 5. The van der Waals surface area contributed by atoms with Crippen molar-refractivity contribution in [2.45, 2.75) is 122 Å². The number of aliphatic hydroxyl groups is 4. The summed E-state index contributed by atoms with van der Waals surface area (Å²) in [6, 6.07) is 11.5. The molecule has 61 heavy (non-hydrogen) atoms. The number of ketones is 1. The monoisotopic (exact) mass is 865 g/mol. The average molecular weight is 866 g/mol. The lowest BCUT2D eigenvalue weighted by atomic mass is 9.79. The van der Waals surface area contributed by atoms with Gasteiger partial charge in [-0.05, 0) is 82.8 Å². The second-order valence-electron chi connectivity index (χ2n) is 17.1. The Kier molecular flexibility index (Phi) is 18.4. The van der Waals surface area contributed by atoms with Crippen LogP contribution in [0.25, 0.3) is 11.3 Å². The van der Waals surface area contributed by atoms with Gasteiger partial charge in [0.15, 0.2) is 12.1 Å². The van der Waals surface area contributed by atoms with E-state index in [0.29, 0.717) is 45.4 Å². The molecule has 15 heteroatoms. The van der Waals surface area contributed by atoms with Crippen molar-refractivity contribution in [2.24, 2.45) is 23.7 Å². The fraction of sp³-hybridized carbons (Fsp3) is 0.609. The van der Waals surface area contributed by atoms with Gasteiger partial charge in [-0.25, -0.2) is 0 Å². The second-order valence-corrected chi connectivity index (χ2v) is 17.9. The quantitative estimate of drug-likeness (QED) is 0.164. The predicted molar refractivity (Wildman–Crippen MR) is 234 cm³/mol. The van der Waals surface area contributed by atoms with Gasteiger partial charge in [-0.2, -0.15) is 11.3 Å². The molecule has 14 nitrogen and oxygen atoms in total. The van der Waals surface area contributed by atoms with E-state index in [1.807, 2.05) is 72.8 Å². The Bertz CT molecular complexity index is 1860. The van der Waals surface area contributed by atoms with Crippen LogP contribution in [0.15, 0.2) is 77.2 Å². The summed E-state index contributed by atoms with van der Waals surface area (Å²) < 4.78 is 20.7. The van der Waals surface area contributed by atoms with Gasteiger partial charge in [0.25, 0.3) is 0 Å². The van der Waals surface area contributed by atoms with E-state index in [2.05, 4.69) is 27.3 Å². The van der Waals surface area contributed by atoms with Crippen LogP contribution in [0.3, 0.4) is 0 Å². The number of benzene rings is 1. The Labute approximate surface area is 364 Å². The molecule has 4 heterocycles. The number of esters is 1. The third-order valence-electron chi connectivity index (χ3n) is 12.2. The van der Waals surface area contributed by atoms with Crippen molar-refractivity contribution in [1.82, 2.24) is 24.8 Å². The number of aliphatic hydroxyl groups excluding tert-OH is 4. The molecule has 1 aromatic carbocycles. The molecule has 2 aliphatic rings. The zero-order chi connectivity index (χ0) is 44.2. The Morgan fingerprint density at radius 1 is 1.02 bits per heavy atom. The molecule has 2 aliphatic heterocycles. The molecular formula is C46H67N5O9S. The highest BCUT2D eigenvalue weighted by Gasteiger charge is 2.47. The van der Waals surface area contributed by atoms with Crippen molar-refractivity contribution < 1.29 is 44.2 Å². The maximum atomic E-state index is 13.9. The van der Waals surface area contributed by atoms with Gasteiger partial charge in [0, 0.05) is 41.8 Å². The Balaban J connectivity index is 1.50. The normalized spacial score (nSPS) is 32.4. The SMILES string of the molecule is CC[C@H]1OC(=O)C[C@@H](O)[C@H](C)[C@@H](O[C@@H]2O[C@H](C)C(O)C(N(C)C)C2O)[C@@H](CCN(CCn2cc(-c3ccsc3)nn2)Cc2ccccc2)C[C@@H](C)C(=O)/C=C/C(C)=C/[C@@H]1CO. The fourth-order valence-corrected chi connectivity index (χ4v) is 9.16. The average Bonchev–Trinajstić information content (AvgIpc) is 3.95. The first-order valence-electron chi connectivity index (χ1n) is 21.6. The Hall–Kier alpha value is -3.64. The first-order chi connectivity index (χ1) is 29.2. The Morgan fingerprint density at radius 3 is 2.44 bits per heavy atom. The van der Waals surface area contributed by atoms with Crippen LogP contribution in [0.1, 0.15) is 65.9 Å². The highest BCUT2D eigenvalue weighted by atomic mass is 32.1. The lowest BCUT2D eigenvalue weighted by Crippen LogP contribution is -2.63. The van der Waals surface area contributed by atoms with Crippen LogP contribution in [-0.4, -0.2) is 140 Å². The van der Waals surface area contributed by atoms with E-state index in [4.69, 9.17) is 14.2 Å². The summed E-state index contributed by atoms with van der Waals surface area (Å²) in [4.78, 5) is 31.5. The number of aromatic nitrogens is 3. The molecule has 0 amide bonds. The van der Waals surface area contributed by atoms with E-state index in [9.17, 15) is 30.0 Å². The van der Waals surface area contributed by atoms with E-state index >= 15 is 0 Å². The molecule has 5 rings (SSSR count). The van der Waals surface area contributed by atoms with Crippen LogP contribution in [0, 0.1) is 23.7 Å². The molecule has 12 atom stereocenters. The highest BCUT2D eigenvalue weighted by Crippen LogP contribution is 2.35. The number of hydrogen-bond donors (Lipinski definition) is 4. The topological polar surface area (TPSA) is 180 Å². The van der Waals surface area contributed by atoms with Crippen molar-refractivity contribution in [2.75, 3.05) is 33.8 Å². The third kappa shape index (κ3) is 13.4.